The molecule has 178 valence electrons. The number of nitrogens with zero attached hydrogens (tertiary/aromatic N) is 2. The minimum atomic E-state index is -4.56. The fourth-order valence-corrected chi connectivity index (χ4v) is 3.85. The summed E-state index contributed by atoms with van der Waals surface area (Å²) in [4.78, 5) is 32.7. The maximum Gasteiger partial charge on any atom is 0.449 e. The van der Waals surface area contributed by atoms with Crippen LogP contribution in [-0.2, 0) is 17.5 Å². The van der Waals surface area contributed by atoms with Gasteiger partial charge in [-0.1, -0.05) is 12.1 Å². The lowest BCUT2D eigenvalue weighted by molar-refractivity contribution is -0.144. The van der Waals surface area contributed by atoms with Crippen molar-refractivity contribution in [1.29, 1.82) is 0 Å². The molecule has 34 heavy (non-hydrogen) atoms. The van der Waals surface area contributed by atoms with E-state index in [4.69, 9.17) is 0 Å². The van der Waals surface area contributed by atoms with E-state index in [-0.39, 0.29) is 29.4 Å². The number of fused-ring (bicyclic) bond motifs is 1. The number of rotatable bonds is 8. The van der Waals surface area contributed by atoms with Crippen molar-refractivity contribution in [1.82, 2.24) is 20.2 Å². The number of hydrogen-bond acceptors (Lipinski definition) is 4. The topological polar surface area (TPSA) is 90.1 Å². The second kappa shape index (κ2) is 8.75. The van der Waals surface area contributed by atoms with E-state index >= 15 is 0 Å². The summed E-state index contributed by atoms with van der Waals surface area (Å²) in [6.45, 7) is 0.723. The lowest BCUT2D eigenvalue weighted by Crippen LogP contribution is -2.34. The molecule has 3 aromatic rings. The SMILES string of the molecule is O=C(CN(Cc1ccc(C(=O)NC2CC2)cc1)C1CC1)Nc1ccc2nc(C(F)(F)F)[nH]c2c1. The number of anilines is 1. The van der Waals surface area contributed by atoms with Gasteiger partial charge in [-0.05, 0) is 61.6 Å². The number of aromatic nitrogens is 2. The van der Waals surface area contributed by atoms with Crippen molar-refractivity contribution >= 4 is 28.5 Å². The van der Waals surface area contributed by atoms with Gasteiger partial charge in [0.1, 0.15) is 0 Å². The highest BCUT2D eigenvalue weighted by Gasteiger charge is 2.35. The van der Waals surface area contributed by atoms with Gasteiger partial charge in [0.05, 0.1) is 17.6 Å². The predicted octanol–water partition coefficient (Wildman–Crippen LogP) is 4.08. The fourth-order valence-electron chi connectivity index (χ4n) is 3.85. The number of hydrogen-bond donors (Lipinski definition) is 3. The van der Waals surface area contributed by atoms with Gasteiger partial charge in [0.15, 0.2) is 0 Å². The standard InChI is InChI=1S/C24H24F3N5O2/c25-24(26,27)23-30-19-10-7-17(11-20(19)31-23)28-21(33)13-32(18-8-9-18)12-14-1-3-15(4-2-14)22(34)29-16-5-6-16/h1-4,7,10-11,16,18H,5-6,8-9,12-13H2,(H,28,33)(H,29,34)(H,30,31). The largest absolute Gasteiger partial charge is 0.449 e. The van der Waals surface area contributed by atoms with Crippen molar-refractivity contribution in [3.8, 4) is 0 Å². The normalized spacial score (nSPS) is 16.1. The van der Waals surface area contributed by atoms with E-state index in [1.807, 2.05) is 12.1 Å². The molecule has 2 aromatic carbocycles. The van der Waals surface area contributed by atoms with E-state index in [0.717, 1.165) is 31.2 Å². The molecule has 7 nitrogen and oxygen atoms in total. The van der Waals surface area contributed by atoms with Gasteiger partial charge >= 0.3 is 6.18 Å². The average Bonchev–Trinajstić information content (AvgIpc) is 3.71. The van der Waals surface area contributed by atoms with Crippen LogP contribution in [0.5, 0.6) is 0 Å². The number of nitrogens with one attached hydrogen (secondary N) is 3. The highest BCUT2D eigenvalue weighted by atomic mass is 19.4. The number of halogens is 3. The summed E-state index contributed by atoms with van der Waals surface area (Å²) in [6.07, 6.45) is -0.476. The number of H-pyrrole nitrogens is 1. The summed E-state index contributed by atoms with van der Waals surface area (Å²) in [5.41, 5.74) is 2.40. The van der Waals surface area contributed by atoms with Crippen LogP contribution in [0.1, 0.15) is 47.4 Å². The van der Waals surface area contributed by atoms with Crippen molar-refractivity contribution in [2.24, 2.45) is 0 Å². The number of imidazole rings is 1. The van der Waals surface area contributed by atoms with Gasteiger partial charge in [-0.25, -0.2) is 4.98 Å². The van der Waals surface area contributed by atoms with E-state index in [1.54, 1.807) is 12.1 Å². The third kappa shape index (κ3) is 5.39. The van der Waals surface area contributed by atoms with E-state index in [9.17, 15) is 22.8 Å². The number of benzene rings is 2. The Morgan fingerprint density at radius 3 is 2.44 bits per heavy atom. The maximum atomic E-state index is 12.9. The number of carbonyl (C=O) groups excluding carboxylic acids is 2. The van der Waals surface area contributed by atoms with Crippen LogP contribution in [-0.4, -0.2) is 45.3 Å². The molecular formula is C24H24F3N5O2. The highest BCUT2D eigenvalue weighted by molar-refractivity contribution is 5.95. The quantitative estimate of drug-likeness (QED) is 0.462. The van der Waals surface area contributed by atoms with Gasteiger partial charge in [-0.3, -0.25) is 14.5 Å². The summed E-state index contributed by atoms with van der Waals surface area (Å²) >= 11 is 0. The molecule has 10 heteroatoms. The lowest BCUT2D eigenvalue weighted by Gasteiger charge is -2.21. The van der Waals surface area contributed by atoms with E-state index in [2.05, 4.69) is 25.5 Å². The van der Waals surface area contributed by atoms with Crippen LogP contribution in [0, 0.1) is 0 Å². The molecule has 5 rings (SSSR count). The molecule has 0 aliphatic heterocycles. The van der Waals surface area contributed by atoms with Gasteiger partial charge in [-0.2, -0.15) is 13.2 Å². The molecule has 2 amide bonds. The number of alkyl halides is 3. The molecule has 0 radical (unpaired) electrons. The van der Waals surface area contributed by atoms with Crippen LogP contribution in [0.4, 0.5) is 18.9 Å². The Balaban J connectivity index is 1.20. The van der Waals surface area contributed by atoms with Gasteiger partial charge in [0, 0.05) is 29.9 Å². The van der Waals surface area contributed by atoms with Crippen LogP contribution >= 0.6 is 0 Å². The van der Waals surface area contributed by atoms with Crippen molar-refractivity contribution < 1.29 is 22.8 Å². The van der Waals surface area contributed by atoms with Crippen molar-refractivity contribution in [3.63, 3.8) is 0 Å². The first-order chi connectivity index (χ1) is 16.2. The first kappa shape index (κ1) is 22.4. The number of aromatic amines is 1. The Kier molecular flexibility index (Phi) is 5.76. The third-order valence-corrected chi connectivity index (χ3v) is 5.96. The molecule has 0 atom stereocenters. The summed E-state index contributed by atoms with van der Waals surface area (Å²) in [7, 11) is 0. The maximum absolute atomic E-state index is 12.9. The smallest absolute Gasteiger partial charge is 0.349 e. The summed E-state index contributed by atoms with van der Waals surface area (Å²) < 4.78 is 38.6. The molecule has 1 heterocycles. The minimum Gasteiger partial charge on any atom is -0.349 e. The Labute approximate surface area is 193 Å². The zero-order valence-electron chi connectivity index (χ0n) is 18.3. The average molecular weight is 471 g/mol. The van der Waals surface area contributed by atoms with Crippen LogP contribution in [0.25, 0.3) is 11.0 Å². The monoisotopic (exact) mass is 471 g/mol. The molecular weight excluding hydrogens is 447 g/mol. The Morgan fingerprint density at radius 1 is 1.06 bits per heavy atom. The van der Waals surface area contributed by atoms with Gasteiger partial charge < -0.3 is 15.6 Å². The van der Waals surface area contributed by atoms with E-state index in [1.165, 1.54) is 18.2 Å². The molecule has 2 aliphatic carbocycles. The first-order valence-corrected chi connectivity index (χ1v) is 11.3. The van der Waals surface area contributed by atoms with Crippen molar-refractivity contribution in [3.05, 3.63) is 59.4 Å². The molecule has 2 fully saturated rings. The Hall–Kier alpha value is -3.40. The number of amides is 2. The van der Waals surface area contributed by atoms with Crippen LogP contribution in [0.3, 0.4) is 0 Å². The van der Waals surface area contributed by atoms with Crippen LogP contribution in [0.15, 0.2) is 42.5 Å². The summed E-state index contributed by atoms with van der Waals surface area (Å²) in [5.74, 6) is -1.38. The predicted molar refractivity (Wildman–Crippen MR) is 120 cm³/mol. The molecule has 0 spiro atoms. The zero-order valence-corrected chi connectivity index (χ0v) is 18.3. The van der Waals surface area contributed by atoms with E-state index < -0.39 is 12.0 Å². The lowest BCUT2D eigenvalue weighted by atomic mass is 10.1. The van der Waals surface area contributed by atoms with Crippen LogP contribution < -0.4 is 10.6 Å². The third-order valence-electron chi connectivity index (χ3n) is 5.96. The Bertz CT molecular complexity index is 1210. The fraction of sp³-hybridized carbons (Fsp3) is 0.375. The highest BCUT2D eigenvalue weighted by Crippen LogP contribution is 2.30. The molecule has 2 saturated carbocycles. The van der Waals surface area contributed by atoms with Gasteiger partial charge in [0.25, 0.3) is 5.91 Å². The molecule has 0 bridgehead atoms. The van der Waals surface area contributed by atoms with Crippen molar-refractivity contribution in [2.45, 2.75) is 50.5 Å². The molecule has 1 aromatic heterocycles. The van der Waals surface area contributed by atoms with Crippen molar-refractivity contribution in [2.75, 3.05) is 11.9 Å². The first-order valence-electron chi connectivity index (χ1n) is 11.3. The summed E-state index contributed by atoms with van der Waals surface area (Å²) in [5, 5.41) is 5.73. The minimum absolute atomic E-state index is 0.0657. The summed E-state index contributed by atoms with van der Waals surface area (Å²) in [6, 6.07) is 12.4. The second-order valence-corrected chi connectivity index (χ2v) is 8.94. The molecule has 0 saturated heterocycles. The van der Waals surface area contributed by atoms with Crippen LogP contribution in [0.2, 0.25) is 0 Å². The molecule has 0 unspecified atom stereocenters. The Morgan fingerprint density at radius 2 is 1.79 bits per heavy atom. The van der Waals surface area contributed by atoms with E-state index in [0.29, 0.717) is 29.9 Å². The number of carbonyl (C=O) groups is 2. The zero-order chi connectivity index (χ0) is 23.9. The second-order valence-electron chi connectivity index (χ2n) is 8.94. The van der Waals surface area contributed by atoms with Gasteiger partial charge in [-0.15, -0.1) is 0 Å². The van der Waals surface area contributed by atoms with Gasteiger partial charge in [0.2, 0.25) is 11.7 Å². The molecule has 2 aliphatic rings. The molecule has 3 N–H and O–H groups in total.